The van der Waals surface area contributed by atoms with Gasteiger partial charge >= 0.3 is 0 Å². The lowest BCUT2D eigenvalue weighted by Gasteiger charge is -2.45. The summed E-state index contributed by atoms with van der Waals surface area (Å²) in [5.74, 6) is -0.710. The van der Waals surface area contributed by atoms with E-state index in [1.165, 1.54) is 12.1 Å². The molecule has 1 heterocycles. The number of hydrogen-bond donors (Lipinski definition) is 2. The summed E-state index contributed by atoms with van der Waals surface area (Å²) in [5, 5.41) is 12.3. The van der Waals surface area contributed by atoms with Crippen LogP contribution in [0.25, 0.3) is 0 Å². The van der Waals surface area contributed by atoms with Crippen LogP contribution in [0.4, 0.5) is 10.1 Å². The van der Waals surface area contributed by atoms with Crippen LogP contribution >= 0.6 is 0 Å². The van der Waals surface area contributed by atoms with Crippen molar-refractivity contribution in [3.05, 3.63) is 30.1 Å². The van der Waals surface area contributed by atoms with Crippen molar-refractivity contribution in [3.8, 4) is 0 Å². The lowest BCUT2D eigenvalue weighted by atomic mass is 9.91. The molecule has 2 rings (SSSR count). The van der Waals surface area contributed by atoms with Crippen molar-refractivity contribution in [2.45, 2.75) is 18.9 Å². The number of nitrogens with zero attached hydrogens (tertiary/aromatic N) is 1. The predicted molar refractivity (Wildman–Crippen MR) is 66.7 cm³/mol. The topological polar surface area (TPSA) is 52.6 Å². The molecule has 1 fully saturated rings. The molecule has 98 valence electrons. The molecule has 0 atom stereocenters. The first kappa shape index (κ1) is 13.0. The molecule has 1 aliphatic rings. The normalized spacial score (nSPS) is 18.2. The molecule has 1 aromatic rings. The summed E-state index contributed by atoms with van der Waals surface area (Å²) in [4.78, 5) is 13.5. The third-order valence-electron chi connectivity index (χ3n) is 3.21. The van der Waals surface area contributed by atoms with Crippen molar-refractivity contribution in [1.82, 2.24) is 4.90 Å². The van der Waals surface area contributed by atoms with Gasteiger partial charge in [0.25, 0.3) is 0 Å². The number of hydrogen-bond acceptors (Lipinski definition) is 3. The molecule has 4 nitrogen and oxygen atoms in total. The maximum Gasteiger partial charge on any atom is 0.238 e. The second kappa shape index (κ2) is 5.04. The summed E-state index contributed by atoms with van der Waals surface area (Å²) in [7, 11) is 0. The van der Waals surface area contributed by atoms with Gasteiger partial charge in [0.05, 0.1) is 17.8 Å². The average molecular weight is 252 g/mol. The summed E-state index contributed by atoms with van der Waals surface area (Å²) in [5.41, 5.74) is -0.466. The Balaban J connectivity index is 1.82. The Labute approximate surface area is 105 Å². The van der Waals surface area contributed by atoms with Crippen molar-refractivity contribution in [2.24, 2.45) is 0 Å². The van der Waals surface area contributed by atoms with E-state index in [2.05, 4.69) is 5.32 Å². The van der Waals surface area contributed by atoms with Crippen molar-refractivity contribution in [1.29, 1.82) is 0 Å². The van der Waals surface area contributed by atoms with E-state index in [9.17, 15) is 14.3 Å². The van der Waals surface area contributed by atoms with Gasteiger partial charge in [-0.1, -0.05) is 19.1 Å². The Morgan fingerprint density at radius 3 is 2.78 bits per heavy atom. The summed E-state index contributed by atoms with van der Waals surface area (Å²) in [6.45, 7) is 3.08. The number of anilines is 1. The number of carbonyl (C=O) groups excluding carboxylic acids is 1. The molecule has 0 aromatic heterocycles. The van der Waals surface area contributed by atoms with E-state index >= 15 is 0 Å². The number of likely N-dealkylation sites (tertiary alicyclic amines) is 1. The molecule has 1 saturated heterocycles. The van der Waals surface area contributed by atoms with E-state index in [-0.39, 0.29) is 18.1 Å². The van der Waals surface area contributed by atoms with E-state index in [1.54, 1.807) is 12.1 Å². The summed E-state index contributed by atoms with van der Waals surface area (Å²) < 4.78 is 13.3. The molecule has 18 heavy (non-hydrogen) atoms. The van der Waals surface area contributed by atoms with Gasteiger partial charge in [-0.25, -0.2) is 4.39 Å². The fourth-order valence-corrected chi connectivity index (χ4v) is 2.08. The van der Waals surface area contributed by atoms with E-state index < -0.39 is 11.4 Å². The van der Waals surface area contributed by atoms with Gasteiger partial charge < -0.3 is 10.4 Å². The Morgan fingerprint density at radius 2 is 2.17 bits per heavy atom. The number of carbonyl (C=O) groups is 1. The van der Waals surface area contributed by atoms with Crippen LogP contribution < -0.4 is 5.32 Å². The van der Waals surface area contributed by atoms with Gasteiger partial charge in [0.2, 0.25) is 5.91 Å². The minimum absolute atomic E-state index is 0.177. The van der Waals surface area contributed by atoms with Crippen molar-refractivity contribution in [2.75, 3.05) is 25.0 Å². The van der Waals surface area contributed by atoms with E-state index in [4.69, 9.17) is 0 Å². The minimum atomic E-state index is -0.654. The highest BCUT2D eigenvalue weighted by Gasteiger charge is 2.39. The molecular weight excluding hydrogens is 235 g/mol. The minimum Gasteiger partial charge on any atom is -0.387 e. The molecule has 0 spiro atoms. The lowest BCUT2D eigenvalue weighted by molar-refractivity contribution is -0.128. The quantitative estimate of drug-likeness (QED) is 0.847. The Bertz CT molecular complexity index is 444. The highest BCUT2D eigenvalue weighted by Crippen LogP contribution is 2.23. The van der Waals surface area contributed by atoms with E-state index in [0.717, 1.165) is 0 Å². The molecule has 1 aromatic carbocycles. The number of β-amino-alcohol motifs (C(OH)–C–C–N with tert-alkyl or cyclic N) is 1. The zero-order chi connectivity index (χ0) is 13.2. The fraction of sp³-hybridized carbons (Fsp3) is 0.462. The SMILES string of the molecule is CCC1(O)CN(CC(=O)Nc2ccccc2F)C1. The van der Waals surface area contributed by atoms with Crippen molar-refractivity contribution in [3.63, 3.8) is 0 Å². The highest BCUT2D eigenvalue weighted by atomic mass is 19.1. The molecule has 0 unspecified atom stereocenters. The zero-order valence-electron chi connectivity index (χ0n) is 10.3. The summed E-state index contributed by atoms with van der Waals surface area (Å²) in [6.07, 6.45) is 0.679. The fourth-order valence-electron chi connectivity index (χ4n) is 2.08. The van der Waals surface area contributed by atoms with Gasteiger partial charge in [0.1, 0.15) is 5.82 Å². The second-order valence-electron chi connectivity index (χ2n) is 4.75. The maximum absolute atomic E-state index is 13.3. The maximum atomic E-state index is 13.3. The van der Waals surface area contributed by atoms with Crippen LogP contribution in [-0.4, -0.2) is 41.1 Å². The Hall–Kier alpha value is -1.46. The molecule has 1 aliphatic heterocycles. The number of nitrogens with one attached hydrogen (secondary N) is 1. The van der Waals surface area contributed by atoms with Crippen LogP contribution in [0.15, 0.2) is 24.3 Å². The van der Waals surface area contributed by atoms with Crippen LogP contribution in [0.3, 0.4) is 0 Å². The van der Waals surface area contributed by atoms with Gasteiger partial charge in [-0.05, 0) is 18.6 Å². The van der Waals surface area contributed by atoms with Crippen LogP contribution in [0.5, 0.6) is 0 Å². The average Bonchev–Trinajstić information content (AvgIpc) is 2.30. The van der Waals surface area contributed by atoms with Crippen molar-refractivity contribution >= 4 is 11.6 Å². The van der Waals surface area contributed by atoms with E-state index in [1.807, 2.05) is 11.8 Å². The molecule has 2 N–H and O–H groups in total. The second-order valence-corrected chi connectivity index (χ2v) is 4.75. The predicted octanol–water partition coefficient (Wildman–Crippen LogP) is 1.22. The standard InChI is InChI=1S/C13H17FN2O2/c1-2-13(18)8-16(9-13)7-12(17)15-11-6-4-3-5-10(11)14/h3-6,18H,2,7-9H2,1H3,(H,15,17). The summed E-state index contributed by atoms with van der Waals surface area (Å²) >= 11 is 0. The number of aliphatic hydroxyl groups is 1. The first-order valence-electron chi connectivity index (χ1n) is 6.01. The van der Waals surface area contributed by atoms with Gasteiger partial charge in [0.15, 0.2) is 0 Å². The number of halogens is 1. The highest BCUT2D eigenvalue weighted by molar-refractivity contribution is 5.92. The molecular formula is C13H17FN2O2. The zero-order valence-corrected chi connectivity index (χ0v) is 10.3. The first-order valence-corrected chi connectivity index (χ1v) is 6.01. The number of benzene rings is 1. The lowest BCUT2D eigenvalue weighted by Crippen LogP contribution is -2.62. The smallest absolute Gasteiger partial charge is 0.238 e. The Kier molecular flexibility index (Phi) is 3.63. The van der Waals surface area contributed by atoms with E-state index in [0.29, 0.717) is 19.5 Å². The van der Waals surface area contributed by atoms with Crippen LogP contribution in [0.1, 0.15) is 13.3 Å². The third kappa shape index (κ3) is 2.86. The Morgan fingerprint density at radius 1 is 1.50 bits per heavy atom. The third-order valence-corrected chi connectivity index (χ3v) is 3.21. The number of para-hydroxylation sites is 1. The van der Waals surface area contributed by atoms with Crippen LogP contribution in [0, 0.1) is 5.82 Å². The molecule has 0 aliphatic carbocycles. The van der Waals surface area contributed by atoms with Crippen LogP contribution in [0.2, 0.25) is 0 Å². The number of rotatable bonds is 4. The molecule has 0 bridgehead atoms. The first-order chi connectivity index (χ1) is 8.52. The van der Waals surface area contributed by atoms with Gasteiger partial charge in [-0.3, -0.25) is 9.69 Å². The molecule has 1 amide bonds. The van der Waals surface area contributed by atoms with Gasteiger partial charge in [-0.2, -0.15) is 0 Å². The van der Waals surface area contributed by atoms with Crippen molar-refractivity contribution < 1.29 is 14.3 Å². The number of amides is 1. The van der Waals surface area contributed by atoms with Gasteiger partial charge in [-0.15, -0.1) is 0 Å². The molecule has 5 heteroatoms. The monoisotopic (exact) mass is 252 g/mol. The molecule has 0 radical (unpaired) electrons. The van der Waals surface area contributed by atoms with Crippen LogP contribution in [-0.2, 0) is 4.79 Å². The summed E-state index contributed by atoms with van der Waals surface area (Å²) in [6, 6.07) is 6.06. The largest absolute Gasteiger partial charge is 0.387 e. The van der Waals surface area contributed by atoms with Gasteiger partial charge in [0, 0.05) is 13.1 Å². The molecule has 0 saturated carbocycles.